The van der Waals surface area contributed by atoms with Gasteiger partial charge in [0.05, 0.1) is 22.2 Å². The number of rotatable bonds is 2. The quantitative estimate of drug-likeness (QED) is 0.602. The van der Waals surface area contributed by atoms with Crippen molar-refractivity contribution in [3.8, 4) is 17.0 Å². The maximum absolute atomic E-state index is 10.4. The van der Waals surface area contributed by atoms with Crippen molar-refractivity contribution in [2.75, 3.05) is 18.0 Å². The molecule has 4 heterocycles. The fourth-order valence-corrected chi connectivity index (χ4v) is 3.66. The summed E-state index contributed by atoms with van der Waals surface area (Å²) in [6.45, 7) is 2.14. The van der Waals surface area contributed by atoms with Crippen molar-refractivity contribution in [2.24, 2.45) is 7.05 Å². The monoisotopic (exact) mass is 345 g/mol. The molecular formula is C20H19N5O. The zero-order chi connectivity index (χ0) is 17.7. The molecule has 130 valence electrons. The number of aryl methyl sites for hydroxylation is 1. The second kappa shape index (κ2) is 5.69. The average Bonchev–Trinajstić information content (AvgIpc) is 3.29. The van der Waals surface area contributed by atoms with Gasteiger partial charge in [-0.15, -0.1) is 0 Å². The Kier molecular flexibility index (Phi) is 3.31. The van der Waals surface area contributed by atoms with E-state index in [9.17, 15) is 5.11 Å². The van der Waals surface area contributed by atoms with Gasteiger partial charge in [-0.1, -0.05) is 0 Å². The minimum atomic E-state index is 0.185. The second-order valence-electron chi connectivity index (χ2n) is 6.83. The van der Waals surface area contributed by atoms with Gasteiger partial charge in [0.1, 0.15) is 11.6 Å². The van der Waals surface area contributed by atoms with Crippen molar-refractivity contribution < 1.29 is 5.11 Å². The van der Waals surface area contributed by atoms with Crippen molar-refractivity contribution >= 4 is 27.8 Å². The van der Waals surface area contributed by atoms with Crippen LogP contribution in [0.4, 0.5) is 5.82 Å². The molecule has 6 heteroatoms. The summed E-state index contributed by atoms with van der Waals surface area (Å²) in [4.78, 5) is 11.8. The highest BCUT2D eigenvalue weighted by molar-refractivity contribution is 5.88. The van der Waals surface area contributed by atoms with Gasteiger partial charge in [0, 0.05) is 43.4 Å². The molecule has 0 aliphatic carbocycles. The first-order valence-electron chi connectivity index (χ1n) is 8.87. The second-order valence-corrected chi connectivity index (χ2v) is 6.83. The van der Waals surface area contributed by atoms with E-state index in [-0.39, 0.29) is 5.75 Å². The number of phenols is 1. The fourth-order valence-electron chi connectivity index (χ4n) is 3.66. The van der Waals surface area contributed by atoms with E-state index in [1.54, 1.807) is 10.7 Å². The SMILES string of the molecule is Cn1cc2cc(-c3ccc4nc(N5CCCC5)ccc4n3)c(O)cc2n1. The summed E-state index contributed by atoms with van der Waals surface area (Å²) in [5, 5.41) is 15.7. The third kappa shape index (κ3) is 2.45. The van der Waals surface area contributed by atoms with Gasteiger partial charge in [0.2, 0.25) is 0 Å². The molecule has 0 radical (unpaired) electrons. The molecule has 0 amide bonds. The largest absolute Gasteiger partial charge is 0.507 e. The average molecular weight is 345 g/mol. The third-order valence-corrected chi connectivity index (χ3v) is 4.97. The molecule has 0 spiro atoms. The number of hydrogen-bond donors (Lipinski definition) is 1. The lowest BCUT2D eigenvalue weighted by molar-refractivity contribution is 0.478. The molecule has 0 unspecified atom stereocenters. The van der Waals surface area contributed by atoms with Gasteiger partial charge in [-0.25, -0.2) is 9.97 Å². The summed E-state index contributed by atoms with van der Waals surface area (Å²) in [6, 6.07) is 11.6. The Bertz CT molecular complexity index is 1130. The Morgan fingerprint density at radius 1 is 0.923 bits per heavy atom. The summed E-state index contributed by atoms with van der Waals surface area (Å²) in [5.41, 5.74) is 3.91. The van der Waals surface area contributed by atoms with Gasteiger partial charge < -0.3 is 10.0 Å². The van der Waals surface area contributed by atoms with Crippen LogP contribution in [0.1, 0.15) is 12.8 Å². The minimum Gasteiger partial charge on any atom is -0.507 e. The summed E-state index contributed by atoms with van der Waals surface area (Å²) >= 11 is 0. The first-order chi connectivity index (χ1) is 12.7. The lowest BCUT2D eigenvalue weighted by atomic mass is 10.1. The Morgan fingerprint density at radius 3 is 2.54 bits per heavy atom. The molecule has 0 saturated carbocycles. The van der Waals surface area contributed by atoms with Crippen molar-refractivity contribution in [3.05, 3.63) is 42.6 Å². The molecule has 4 aromatic rings. The van der Waals surface area contributed by atoms with Gasteiger partial charge in [0.15, 0.2) is 0 Å². The topological polar surface area (TPSA) is 67.1 Å². The summed E-state index contributed by atoms with van der Waals surface area (Å²) in [6.07, 6.45) is 4.39. The van der Waals surface area contributed by atoms with Crippen molar-refractivity contribution in [1.82, 2.24) is 19.7 Å². The van der Waals surface area contributed by atoms with Crippen LogP contribution in [0.2, 0.25) is 0 Å². The summed E-state index contributed by atoms with van der Waals surface area (Å²) < 4.78 is 1.74. The molecule has 0 bridgehead atoms. The Labute approximate surface area is 150 Å². The van der Waals surface area contributed by atoms with E-state index < -0.39 is 0 Å². The van der Waals surface area contributed by atoms with E-state index in [2.05, 4.69) is 10.00 Å². The van der Waals surface area contributed by atoms with Crippen molar-refractivity contribution in [1.29, 1.82) is 0 Å². The normalized spacial score (nSPS) is 14.6. The van der Waals surface area contributed by atoms with Crippen LogP contribution in [-0.2, 0) is 7.05 Å². The van der Waals surface area contributed by atoms with E-state index in [0.717, 1.165) is 46.5 Å². The molecule has 5 rings (SSSR count). The van der Waals surface area contributed by atoms with E-state index >= 15 is 0 Å². The van der Waals surface area contributed by atoms with Crippen LogP contribution < -0.4 is 4.90 Å². The Morgan fingerprint density at radius 2 is 1.69 bits per heavy atom. The molecule has 1 aliphatic heterocycles. The van der Waals surface area contributed by atoms with Gasteiger partial charge in [0.25, 0.3) is 0 Å². The highest BCUT2D eigenvalue weighted by Gasteiger charge is 2.15. The Balaban J connectivity index is 1.59. The number of aromatic nitrogens is 4. The maximum atomic E-state index is 10.4. The standard InChI is InChI=1S/C20H19N5O/c1-24-12-13-10-14(19(26)11-18(13)23-24)15-4-5-17-16(21-15)6-7-20(22-17)25-8-2-3-9-25/h4-7,10-12,26H,2-3,8-9H2,1H3. The van der Waals surface area contributed by atoms with Crippen LogP contribution in [0, 0.1) is 0 Å². The van der Waals surface area contributed by atoms with Crippen molar-refractivity contribution in [2.45, 2.75) is 12.8 Å². The van der Waals surface area contributed by atoms with E-state index in [4.69, 9.17) is 9.97 Å². The zero-order valence-corrected chi connectivity index (χ0v) is 14.6. The molecule has 3 aromatic heterocycles. The van der Waals surface area contributed by atoms with Crippen LogP contribution in [0.25, 0.3) is 33.2 Å². The zero-order valence-electron chi connectivity index (χ0n) is 14.6. The number of hydrogen-bond acceptors (Lipinski definition) is 5. The highest BCUT2D eigenvalue weighted by atomic mass is 16.3. The van der Waals surface area contributed by atoms with E-state index in [0.29, 0.717) is 5.56 Å². The van der Waals surface area contributed by atoms with Crippen molar-refractivity contribution in [3.63, 3.8) is 0 Å². The van der Waals surface area contributed by atoms with E-state index in [1.165, 1.54) is 12.8 Å². The number of anilines is 1. The fraction of sp³-hybridized carbons (Fsp3) is 0.250. The van der Waals surface area contributed by atoms with Gasteiger partial charge in [-0.2, -0.15) is 5.10 Å². The predicted octanol–water partition coefficient (Wildman–Crippen LogP) is 3.49. The smallest absolute Gasteiger partial charge is 0.129 e. The van der Waals surface area contributed by atoms with Crippen LogP contribution in [0.5, 0.6) is 5.75 Å². The number of nitrogens with zero attached hydrogens (tertiary/aromatic N) is 5. The molecule has 1 N–H and O–H groups in total. The molecule has 0 atom stereocenters. The van der Waals surface area contributed by atoms with Crippen LogP contribution in [0.15, 0.2) is 42.6 Å². The minimum absolute atomic E-state index is 0.185. The predicted molar refractivity (Wildman–Crippen MR) is 102 cm³/mol. The van der Waals surface area contributed by atoms with Gasteiger partial charge in [-0.3, -0.25) is 4.68 Å². The lowest BCUT2D eigenvalue weighted by Crippen LogP contribution is -2.18. The molecule has 1 aliphatic rings. The van der Waals surface area contributed by atoms with Crippen LogP contribution >= 0.6 is 0 Å². The lowest BCUT2D eigenvalue weighted by Gasteiger charge is -2.16. The molecule has 1 aromatic carbocycles. The number of fused-ring (bicyclic) bond motifs is 2. The number of phenolic OH excluding ortho intramolecular Hbond substituents is 1. The first-order valence-corrected chi connectivity index (χ1v) is 8.87. The molecule has 26 heavy (non-hydrogen) atoms. The summed E-state index contributed by atoms with van der Waals surface area (Å²) in [7, 11) is 1.87. The van der Waals surface area contributed by atoms with Crippen LogP contribution in [-0.4, -0.2) is 37.9 Å². The number of aromatic hydroxyl groups is 1. The summed E-state index contributed by atoms with van der Waals surface area (Å²) in [5.74, 6) is 1.20. The molecular weight excluding hydrogens is 326 g/mol. The van der Waals surface area contributed by atoms with Crippen LogP contribution in [0.3, 0.4) is 0 Å². The number of benzene rings is 1. The third-order valence-electron chi connectivity index (χ3n) is 4.97. The van der Waals surface area contributed by atoms with Gasteiger partial charge >= 0.3 is 0 Å². The first kappa shape index (κ1) is 15.1. The van der Waals surface area contributed by atoms with E-state index in [1.807, 2.05) is 43.6 Å². The highest BCUT2D eigenvalue weighted by Crippen LogP contribution is 2.33. The number of pyridine rings is 2. The Hall–Kier alpha value is -3.15. The van der Waals surface area contributed by atoms with Gasteiger partial charge in [-0.05, 0) is 43.2 Å². The molecule has 1 saturated heterocycles. The molecule has 1 fully saturated rings. The maximum Gasteiger partial charge on any atom is 0.129 e. The molecule has 6 nitrogen and oxygen atoms in total.